The Morgan fingerprint density at radius 1 is 1.00 bits per heavy atom. The maximum Gasteiger partial charge on any atom is 0.466 e. The molecule has 0 radical (unpaired) electrons. The highest BCUT2D eigenvalue weighted by Crippen LogP contribution is 2.25. The molecule has 0 saturated carbocycles. The molecule has 0 aliphatic rings. The molecule has 0 heterocycles. The van der Waals surface area contributed by atoms with Gasteiger partial charge in [-0.05, 0) is 0 Å². The Morgan fingerprint density at radius 2 is 1.18 bits per heavy atom. The first kappa shape index (κ1) is 22.3. The molecule has 0 spiro atoms. The molecule has 0 fully saturated rings. The van der Waals surface area contributed by atoms with E-state index in [9.17, 15) is 0 Å². The van der Waals surface area contributed by atoms with Gasteiger partial charge in [-0.15, -0.1) is 0 Å². The summed E-state index contributed by atoms with van der Waals surface area (Å²) in [4.78, 5) is 21.6. The zero-order valence-corrected chi connectivity index (χ0v) is 10.1. The normalized spacial score (nSPS) is 10.9. The van der Waals surface area contributed by atoms with E-state index in [0.717, 1.165) is 0 Å². The monoisotopic (exact) mass is 303 g/mol. The summed E-state index contributed by atoms with van der Waals surface area (Å²) < 4.78 is 41.6. The quantitative estimate of drug-likeness (QED) is 0.191. The smallest absolute Gasteiger partial charge is 0.395 e. The molecule has 0 atom stereocenters. The minimum atomic E-state index is -4.69. The second kappa shape index (κ2) is 12.6. The highest BCUT2D eigenvalue weighted by atomic mass is 35.7. The Bertz CT molecular complexity index is 173. The van der Waals surface area contributed by atoms with Crippen LogP contribution in [0.15, 0.2) is 0 Å². The molecule has 0 rings (SSSR count). The van der Waals surface area contributed by atoms with Gasteiger partial charge >= 0.3 is 7.82 Å². The fraction of sp³-hybridized carbons (Fsp3) is 1.00. The predicted molar refractivity (Wildman–Crippen MR) is 43.5 cm³/mol. The standard InChI is InChI=1S/C4H11NO2.ClHO4.H3O4P/c6-3-1-5-2-4-7;2-1(3,4)5;1-5(2,3)4/h5-7H,1-4H2;(H,2,3,4,5);(H3,1,2,3,4). The first-order valence-corrected chi connectivity index (χ1v) is 6.58. The average molecular weight is 304 g/mol. The van der Waals surface area contributed by atoms with Crippen molar-refractivity contribution < 1.29 is 58.3 Å². The van der Waals surface area contributed by atoms with Gasteiger partial charge in [0.05, 0.1) is 28.1 Å². The number of hydrogen-bond donors (Lipinski definition) is 7. The summed E-state index contributed by atoms with van der Waals surface area (Å²) in [5.41, 5.74) is 0. The zero-order valence-electron chi connectivity index (χ0n) is 8.47. The minimum Gasteiger partial charge on any atom is -0.395 e. The van der Waals surface area contributed by atoms with Crippen LogP contribution in [0.1, 0.15) is 0 Å². The topological polar surface area (TPSA) is 220 Å². The van der Waals surface area contributed by atoms with E-state index >= 15 is 0 Å². The van der Waals surface area contributed by atoms with Gasteiger partial charge in [0.1, 0.15) is 0 Å². The SMILES string of the molecule is O=P(O)(O)O.OCCNCCO.[O-][Cl+3]([O-])([O-])O. The van der Waals surface area contributed by atoms with E-state index in [4.69, 9.17) is 48.1 Å². The summed E-state index contributed by atoms with van der Waals surface area (Å²) in [7, 11) is -9.33. The summed E-state index contributed by atoms with van der Waals surface area (Å²) >= 11 is 0. The van der Waals surface area contributed by atoms with Gasteiger partial charge in [0, 0.05) is 13.1 Å². The number of aliphatic hydroxyl groups excluding tert-OH is 2. The van der Waals surface area contributed by atoms with Crippen molar-refractivity contribution in [2.24, 2.45) is 0 Å². The van der Waals surface area contributed by atoms with Gasteiger partial charge in [0.25, 0.3) is 0 Å². The van der Waals surface area contributed by atoms with Crippen molar-refractivity contribution in [3.05, 3.63) is 0 Å². The Kier molecular flexibility index (Phi) is 16.5. The van der Waals surface area contributed by atoms with Crippen LogP contribution in [0.2, 0.25) is 0 Å². The van der Waals surface area contributed by atoms with Gasteiger partial charge in [-0.1, -0.05) is 0 Å². The molecule has 11 nitrogen and oxygen atoms in total. The Hall–Kier alpha value is 0.120. The zero-order chi connectivity index (χ0) is 14.5. The van der Waals surface area contributed by atoms with Crippen LogP contribution in [0.3, 0.4) is 0 Å². The molecule has 7 N–H and O–H groups in total. The Balaban J connectivity index is -0.000000177. The number of nitrogens with one attached hydrogen (secondary N) is 1. The molecule has 0 amide bonds. The molecule has 0 aliphatic carbocycles. The first-order valence-electron chi connectivity index (χ1n) is 3.75. The number of hydrogen-bond acceptors (Lipinski definition) is 8. The highest BCUT2D eigenvalue weighted by Gasteiger charge is 2.00. The molecule has 17 heavy (non-hydrogen) atoms. The van der Waals surface area contributed by atoms with Crippen molar-refractivity contribution in [3.63, 3.8) is 0 Å². The van der Waals surface area contributed by atoms with Crippen LogP contribution in [0.4, 0.5) is 0 Å². The van der Waals surface area contributed by atoms with Crippen molar-refractivity contribution >= 4 is 7.82 Å². The maximum atomic E-state index is 8.88. The van der Waals surface area contributed by atoms with Gasteiger partial charge in [0.15, 0.2) is 0 Å². The van der Waals surface area contributed by atoms with Crippen LogP contribution in [0.25, 0.3) is 0 Å². The lowest BCUT2D eigenvalue weighted by Gasteiger charge is -2.03. The van der Waals surface area contributed by atoms with Crippen LogP contribution in [0, 0.1) is 10.2 Å². The summed E-state index contributed by atoms with van der Waals surface area (Å²) in [5.74, 6) is 0. The van der Waals surface area contributed by atoms with E-state index in [-0.39, 0.29) is 13.2 Å². The minimum absolute atomic E-state index is 0.139. The van der Waals surface area contributed by atoms with Gasteiger partial charge in [-0.2, -0.15) is 14.0 Å². The number of aliphatic hydroxyl groups is 2. The largest absolute Gasteiger partial charge is 0.466 e. The molecule has 0 aromatic rings. The third-order valence-electron chi connectivity index (χ3n) is 0.577. The molecule has 0 aliphatic heterocycles. The van der Waals surface area contributed by atoms with Crippen molar-refractivity contribution in [3.8, 4) is 0 Å². The molecule has 0 unspecified atom stereocenters. The summed E-state index contributed by atoms with van der Waals surface area (Å²) in [6.07, 6.45) is 0. The van der Waals surface area contributed by atoms with Gasteiger partial charge in [-0.25, -0.2) is 4.57 Å². The van der Waals surface area contributed by atoms with Crippen LogP contribution in [-0.2, 0) is 4.57 Å². The second-order valence-corrected chi connectivity index (χ2v) is 3.93. The molecule has 13 heteroatoms. The highest BCUT2D eigenvalue weighted by molar-refractivity contribution is 7.45. The lowest BCUT2D eigenvalue weighted by molar-refractivity contribution is -1.92. The summed E-state index contributed by atoms with van der Waals surface area (Å²) in [6.45, 7) is 1.42. The molecule has 0 saturated heterocycles. The number of halogens is 1. The van der Waals surface area contributed by atoms with E-state index < -0.39 is 18.1 Å². The lowest BCUT2D eigenvalue weighted by Crippen LogP contribution is -2.58. The summed E-state index contributed by atoms with van der Waals surface area (Å²) in [5, 5.41) is 19.1. The molecule has 0 aromatic carbocycles. The lowest BCUT2D eigenvalue weighted by atomic mass is 10.6. The van der Waals surface area contributed by atoms with Gasteiger partial charge < -0.3 is 30.2 Å². The third kappa shape index (κ3) is 189. The van der Waals surface area contributed by atoms with E-state index in [1.807, 2.05) is 0 Å². The predicted octanol–water partition coefficient (Wildman–Crippen LogP) is -6.49. The van der Waals surface area contributed by atoms with Gasteiger partial charge in [0.2, 0.25) is 0 Å². The fourth-order valence-corrected chi connectivity index (χ4v) is 0.283. The number of phosphoric acid groups is 1. The van der Waals surface area contributed by atoms with Crippen molar-refractivity contribution in [2.45, 2.75) is 0 Å². The van der Waals surface area contributed by atoms with Crippen LogP contribution < -0.4 is 19.3 Å². The molecular formula is C4H15ClNO10P. The number of rotatable bonds is 4. The van der Waals surface area contributed by atoms with Crippen LogP contribution in [0.5, 0.6) is 0 Å². The molecular weight excluding hydrogens is 288 g/mol. The van der Waals surface area contributed by atoms with Crippen molar-refractivity contribution in [1.82, 2.24) is 5.32 Å². The molecule has 0 bridgehead atoms. The van der Waals surface area contributed by atoms with E-state index in [0.29, 0.717) is 13.1 Å². The third-order valence-corrected chi connectivity index (χ3v) is 0.577. The van der Waals surface area contributed by atoms with Gasteiger partial charge in [-0.3, -0.25) is 0 Å². The Morgan fingerprint density at radius 3 is 1.29 bits per heavy atom. The fourth-order valence-electron chi connectivity index (χ4n) is 0.283. The van der Waals surface area contributed by atoms with E-state index in [1.54, 1.807) is 0 Å². The first-order chi connectivity index (χ1) is 7.41. The van der Waals surface area contributed by atoms with Crippen LogP contribution in [-0.4, -0.2) is 55.9 Å². The van der Waals surface area contributed by atoms with Crippen LogP contribution >= 0.6 is 7.82 Å². The Labute approximate surface area is 98.6 Å². The molecule has 108 valence electrons. The molecule has 0 aromatic heterocycles. The van der Waals surface area contributed by atoms with E-state index in [1.165, 1.54) is 0 Å². The average Bonchev–Trinajstić information content (AvgIpc) is 1.99. The van der Waals surface area contributed by atoms with Crippen molar-refractivity contribution in [2.75, 3.05) is 26.3 Å². The second-order valence-electron chi connectivity index (χ2n) is 2.11. The van der Waals surface area contributed by atoms with E-state index in [2.05, 4.69) is 5.32 Å². The maximum absolute atomic E-state index is 8.88. The van der Waals surface area contributed by atoms with Crippen molar-refractivity contribution in [1.29, 1.82) is 0 Å². The summed E-state index contributed by atoms with van der Waals surface area (Å²) in [6, 6.07) is 0.